The molecule has 3 fully saturated rings. The molecule has 6 heteroatoms. The van der Waals surface area contributed by atoms with Gasteiger partial charge in [0.2, 0.25) is 11.8 Å². The van der Waals surface area contributed by atoms with Crippen LogP contribution in [0.15, 0.2) is 24.3 Å². The first-order valence-corrected chi connectivity index (χ1v) is 10.8. The van der Waals surface area contributed by atoms with E-state index in [2.05, 4.69) is 18.7 Å². The van der Waals surface area contributed by atoms with Crippen molar-refractivity contribution in [3.05, 3.63) is 34.9 Å². The van der Waals surface area contributed by atoms with E-state index >= 15 is 0 Å². The summed E-state index contributed by atoms with van der Waals surface area (Å²) in [5.74, 6) is 0.566. The summed E-state index contributed by atoms with van der Waals surface area (Å²) in [6.07, 6.45) is 2.49. The van der Waals surface area contributed by atoms with Crippen LogP contribution in [0, 0.1) is 11.3 Å². The van der Waals surface area contributed by atoms with Gasteiger partial charge in [-0.05, 0) is 38.3 Å². The van der Waals surface area contributed by atoms with Gasteiger partial charge in [0.25, 0.3) is 0 Å². The summed E-state index contributed by atoms with van der Waals surface area (Å²) in [5.41, 5.74) is 0.417. The van der Waals surface area contributed by atoms with Crippen molar-refractivity contribution in [1.82, 2.24) is 14.7 Å². The molecule has 0 spiro atoms. The monoisotopic (exact) mass is 403 g/mol. The Morgan fingerprint density at radius 2 is 1.82 bits per heavy atom. The summed E-state index contributed by atoms with van der Waals surface area (Å²) in [6, 6.07) is 7.93. The second kappa shape index (κ2) is 7.68. The van der Waals surface area contributed by atoms with Crippen molar-refractivity contribution in [3.63, 3.8) is 0 Å². The Balaban J connectivity index is 1.53. The number of benzene rings is 1. The van der Waals surface area contributed by atoms with Crippen LogP contribution in [0.2, 0.25) is 5.02 Å². The highest BCUT2D eigenvalue weighted by Crippen LogP contribution is 2.45. The lowest BCUT2D eigenvalue weighted by molar-refractivity contribution is -0.141. The van der Waals surface area contributed by atoms with Gasteiger partial charge in [-0.15, -0.1) is 0 Å². The first-order chi connectivity index (χ1) is 13.4. The molecule has 2 atom stereocenters. The van der Waals surface area contributed by atoms with Crippen LogP contribution in [-0.2, 0) is 16.0 Å². The maximum Gasteiger partial charge on any atom is 0.232 e. The number of amides is 2. The number of likely N-dealkylation sites (tertiary alicyclic amines) is 3. The van der Waals surface area contributed by atoms with Crippen LogP contribution in [0.1, 0.15) is 32.3 Å². The molecule has 0 radical (unpaired) electrons. The summed E-state index contributed by atoms with van der Waals surface area (Å²) < 4.78 is 0. The number of hydrogen-bond acceptors (Lipinski definition) is 3. The standard InChI is InChI=1S/C22H30ClN3O2/c1-16(2)25-12-18-13-26(20(27)11-17-7-3-4-8-19(17)23)15-22(18,14-25)21(28)24-9-5-6-10-24/h3-4,7-8,16,18H,5-6,9-15H2,1-2H3/t18-,22-/m0/s1. The lowest BCUT2D eigenvalue weighted by Crippen LogP contribution is -2.49. The topological polar surface area (TPSA) is 43.9 Å². The summed E-state index contributed by atoms with van der Waals surface area (Å²) in [7, 11) is 0. The normalized spacial score (nSPS) is 27.6. The lowest BCUT2D eigenvalue weighted by Gasteiger charge is -2.33. The quantitative estimate of drug-likeness (QED) is 0.776. The summed E-state index contributed by atoms with van der Waals surface area (Å²) >= 11 is 6.25. The van der Waals surface area contributed by atoms with E-state index in [-0.39, 0.29) is 17.7 Å². The van der Waals surface area contributed by atoms with Crippen LogP contribution in [0.4, 0.5) is 0 Å². The molecule has 5 nitrogen and oxygen atoms in total. The van der Waals surface area contributed by atoms with Gasteiger partial charge in [-0.2, -0.15) is 0 Å². The van der Waals surface area contributed by atoms with E-state index in [0.717, 1.165) is 44.6 Å². The fourth-order valence-corrected chi connectivity index (χ4v) is 5.34. The van der Waals surface area contributed by atoms with Gasteiger partial charge >= 0.3 is 0 Å². The van der Waals surface area contributed by atoms with Gasteiger partial charge in [0, 0.05) is 56.3 Å². The van der Waals surface area contributed by atoms with Gasteiger partial charge < -0.3 is 9.80 Å². The van der Waals surface area contributed by atoms with E-state index in [0.29, 0.717) is 30.6 Å². The number of halogens is 1. The van der Waals surface area contributed by atoms with Crippen molar-refractivity contribution >= 4 is 23.4 Å². The van der Waals surface area contributed by atoms with E-state index in [1.807, 2.05) is 34.1 Å². The van der Waals surface area contributed by atoms with Gasteiger partial charge in [-0.1, -0.05) is 29.8 Å². The number of hydrogen-bond donors (Lipinski definition) is 0. The first-order valence-electron chi connectivity index (χ1n) is 10.5. The van der Waals surface area contributed by atoms with Crippen molar-refractivity contribution in [2.24, 2.45) is 11.3 Å². The van der Waals surface area contributed by atoms with Crippen molar-refractivity contribution in [2.75, 3.05) is 39.3 Å². The minimum absolute atomic E-state index is 0.0761. The maximum atomic E-state index is 13.5. The molecule has 3 aliphatic heterocycles. The van der Waals surface area contributed by atoms with Crippen LogP contribution in [-0.4, -0.2) is 71.8 Å². The zero-order chi connectivity index (χ0) is 19.9. The Kier molecular flexibility index (Phi) is 5.41. The predicted octanol–water partition coefficient (Wildman–Crippen LogP) is 2.67. The number of rotatable bonds is 4. The molecule has 152 valence electrons. The third-order valence-corrected chi connectivity index (χ3v) is 7.21. The smallest absolute Gasteiger partial charge is 0.232 e. The molecular formula is C22H30ClN3O2. The molecule has 1 aromatic rings. The number of carbonyl (C=O) groups excluding carboxylic acids is 2. The average molecular weight is 404 g/mol. The van der Waals surface area contributed by atoms with Crippen LogP contribution in [0.25, 0.3) is 0 Å². The van der Waals surface area contributed by atoms with Crippen LogP contribution in [0.5, 0.6) is 0 Å². The third kappa shape index (κ3) is 3.43. The molecule has 0 aromatic heterocycles. The fourth-order valence-electron chi connectivity index (χ4n) is 5.14. The SMILES string of the molecule is CC(C)N1C[C@H]2CN(C(=O)Cc3ccccc3Cl)C[C@@]2(C(=O)N2CCCC2)C1. The molecule has 4 rings (SSSR count). The molecule has 0 unspecified atom stereocenters. The Hall–Kier alpha value is -1.59. The molecule has 3 aliphatic rings. The molecule has 0 bridgehead atoms. The molecule has 1 aromatic carbocycles. The summed E-state index contributed by atoms with van der Waals surface area (Å²) in [5, 5.41) is 0.629. The zero-order valence-electron chi connectivity index (χ0n) is 16.9. The second-order valence-electron chi connectivity index (χ2n) is 8.92. The molecule has 0 aliphatic carbocycles. The highest BCUT2D eigenvalue weighted by molar-refractivity contribution is 6.31. The second-order valence-corrected chi connectivity index (χ2v) is 9.33. The van der Waals surface area contributed by atoms with Crippen molar-refractivity contribution in [3.8, 4) is 0 Å². The molecular weight excluding hydrogens is 374 g/mol. The van der Waals surface area contributed by atoms with E-state index in [1.54, 1.807) is 0 Å². The number of fused-ring (bicyclic) bond motifs is 1. The minimum atomic E-state index is -0.440. The fraction of sp³-hybridized carbons (Fsp3) is 0.636. The van der Waals surface area contributed by atoms with E-state index in [9.17, 15) is 9.59 Å². The zero-order valence-corrected chi connectivity index (χ0v) is 17.6. The van der Waals surface area contributed by atoms with Crippen LogP contribution >= 0.6 is 11.6 Å². The number of carbonyl (C=O) groups is 2. The lowest BCUT2D eigenvalue weighted by atomic mass is 9.79. The molecule has 0 saturated carbocycles. The van der Waals surface area contributed by atoms with E-state index < -0.39 is 5.41 Å². The minimum Gasteiger partial charge on any atom is -0.342 e. The highest BCUT2D eigenvalue weighted by Gasteiger charge is 2.59. The maximum absolute atomic E-state index is 13.5. The molecule has 2 amide bonds. The van der Waals surface area contributed by atoms with Crippen LogP contribution in [0.3, 0.4) is 0 Å². The molecule has 3 heterocycles. The van der Waals surface area contributed by atoms with E-state index in [1.165, 1.54) is 0 Å². The molecule has 28 heavy (non-hydrogen) atoms. The van der Waals surface area contributed by atoms with Gasteiger partial charge in [-0.25, -0.2) is 0 Å². The Bertz CT molecular complexity index is 762. The third-order valence-electron chi connectivity index (χ3n) is 6.84. The summed E-state index contributed by atoms with van der Waals surface area (Å²) in [6.45, 7) is 8.98. The molecule has 0 N–H and O–H groups in total. The van der Waals surface area contributed by atoms with Crippen molar-refractivity contribution in [2.45, 2.75) is 39.2 Å². The van der Waals surface area contributed by atoms with Crippen LogP contribution < -0.4 is 0 Å². The largest absolute Gasteiger partial charge is 0.342 e. The first kappa shape index (κ1) is 19.7. The Morgan fingerprint density at radius 3 is 2.50 bits per heavy atom. The van der Waals surface area contributed by atoms with Crippen molar-refractivity contribution < 1.29 is 9.59 Å². The highest BCUT2D eigenvalue weighted by atomic mass is 35.5. The molecule has 3 saturated heterocycles. The van der Waals surface area contributed by atoms with Gasteiger partial charge in [0.05, 0.1) is 11.8 Å². The Morgan fingerprint density at radius 1 is 1.11 bits per heavy atom. The van der Waals surface area contributed by atoms with E-state index in [4.69, 9.17) is 11.6 Å². The predicted molar refractivity (Wildman–Crippen MR) is 110 cm³/mol. The van der Waals surface area contributed by atoms with Gasteiger partial charge in [0.1, 0.15) is 0 Å². The number of nitrogens with zero attached hydrogens (tertiary/aromatic N) is 3. The van der Waals surface area contributed by atoms with Gasteiger partial charge in [-0.3, -0.25) is 14.5 Å². The average Bonchev–Trinajstić information content (AvgIpc) is 3.37. The summed E-state index contributed by atoms with van der Waals surface area (Å²) in [4.78, 5) is 32.9. The Labute approximate surface area is 172 Å². The van der Waals surface area contributed by atoms with Gasteiger partial charge in [0.15, 0.2) is 0 Å². The van der Waals surface area contributed by atoms with Crippen molar-refractivity contribution in [1.29, 1.82) is 0 Å².